The second kappa shape index (κ2) is 10.0. The molecule has 32 heavy (non-hydrogen) atoms. The molecule has 0 saturated heterocycles. The van der Waals surface area contributed by atoms with Crippen LogP contribution in [0.4, 0.5) is 20.4 Å². The Kier molecular flexibility index (Phi) is 7.15. The molecule has 1 aromatic heterocycles. The normalized spacial score (nSPS) is 11.1. The number of hydrogen-bond donors (Lipinski definition) is 2. The maximum absolute atomic E-state index is 12.5. The Morgan fingerprint density at radius 3 is 2.38 bits per heavy atom. The zero-order valence-corrected chi connectivity index (χ0v) is 17.5. The first kappa shape index (κ1) is 22.9. The van der Waals surface area contributed by atoms with Crippen molar-refractivity contribution in [3.05, 3.63) is 66.5 Å². The highest BCUT2D eigenvalue weighted by molar-refractivity contribution is 7.92. The molecule has 2 N–H and O–H groups in total. The fourth-order valence-corrected chi connectivity index (χ4v) is 3.52. The monoisotopic (exact) mass is 464 g/mol. The summed E-state index contributed by atoms with van der Waals surface area (Å²) in [5.74, 6) is -0.825. The number of sulfonamides is 1. The average Bonchev–Trinajstić information content (AvgIpc) is 2.75. The van der Waals surface area contributed by atoms with E-state index in [2.05, 4.69) is 24.7 Å². The van der Waals surface area contributed by atoms with Crippen molar-refractivity contribution < 1.29 is 31.5 Å². The minimum atomic E-state index is -3.92. The van der Waals surface area contributed by atoms with Crippen molar-refractivity contribution in [3.63, 3.8) is 0 Å². The van der Waals surface area contributed by atoms with Gasteiger partial charge in [0, 0.05) is 23.6 Å². The Morgan fingerprint density at radius 2 is 1.75 bits per heavy atom. The van der Waals surface area contributed by atoms with Crippen LogP contribution in [0.3, 0.4) is 0 Å². The van der Waals surface area contributed by atoms with Crippen LogP contribution in [0.15, 0.2) is 65.8 Å². The molecule has 0 aliphatic carbocycles. The molecular formula is C20H18F2N4O5S. The molecule has 0 fully saturated rings. The number of aromatic nitrogens is 2. The van der Waals surface area contributed by atoms with Gasteiger partial charge < -0.3 is 14.8 Å². The van der Waals surface area contributed by atoms with Crippen molar-refractivity contribution >= 4 is 27.6 Å². The van der Waals surface area contributed by atoms with Gasteiger partial charge in [-0.05, 0) is 55.5 Å². The summed E-state index contributed by atoms with van der Waals surface area (Å²) in [7, 11) is -3.92. The Balaban J connectivity index is 1.72. The van der Waals surface area contributed by atoms with E-state index in [-0.39, 0.29) is 34.5 Å². The number of rotatable bonds is 9. The molecule has 3 rings (SSSR count). The van der Waals surface area contributed by atoms with Gasteiger partial charge in [-0.1, -0.05) is 0 Å². The predicted octanol–water partition coefficient (Wildman–Crippen LogP) is 3.53. The number of halogens is 2. The van der Waals surface area contributed by atoms with Crippen LogP contribution in [0.1, 0.15) is 17.3 Å². The second-order valence-electron chi connectivity index (χ2n) is 6.13. The van der Waals surface area contributed by atoms with Crippen molar-refractivity contribution in [2.45, 2.75) is 18.4 Å². The fraction of sp³-hybridized carbons (Fsp3) is 0.150. The predicted molar refractivity (Wildman–Crippen MR) is 111 cm³/mol. The molecule has 9 nitrogen and oxygen atoms in total. The van der Waals surface area contributed by atoms with Gasteiger partial charge >= 0.3 is 6.61 Å². The lowest BCUT2D eigenvalue weighted by molar-refractivity contribution is -0.0514. The third-order valence-corrected chi connectivity index (χ3v) is 5.28. The van der Waals surface area contributed by atoms with Crippen LogP contribution >= 0.6 is 0 Å². The summed E-state index contributed by atoms with van der Waals surface area (Å²) in [6, 6.07) is 10.7. The summed E-state index contributed by atoms with van der Waals surface area (Å²) in [6.45, 7) is -1.19. The van der Waals surface area contributed by atoms with E-state index < -0.39 is 22.5 Å². The number of anilines is 2. The number of nitrogens with one attached hydrogen (secondary N) is 2. The van der Waals surface area contributed by atoms with Gasteiger partial charge in [0.2, 0.25) is 5.95 Å². The lowest BCUT2D eigenvalue weighted by Gasteiger charge is -2.13. The highest BCUT2D eigenvalue weighted by Gasteiger charge is 2.17. The molecule has 0 radical (unpaired) electrons. The Hall–Kier alpha value is -3.80. The van der Waals surface area contributed by atoms with E-state index in [1.807, 2.05) is 0 Å². The van der Waals surface area contributed by atoms with Crippen LogP contribution in [0, 0.1) is 0 Å². The van der Waals surface area contributed by atoms with Crippen molar-refractivity contribution in [1.82, 2.24) is 9.97 Å². The van der Waals surface area contributed by atoms with Crippen molar-refractivity contribution in [2.75, 3.05) is 16.6 Å². The molecule has 168 valence electrons. The first-order valence-corrected chi connectivity index (χ1v) is 10.7. The van der Waals surface area contributed by atoms with Crippen LogP contribution in [-0.4, -0.2) is 37.5 Å². The summed E-state index contributed by atoms with van der Waals surface area (Å²) < 4.78 is 61.7. The highest BCUT2D eigenvalue weighted by atomic mass is 32.2. The van der Waals surface area contributed by atoms with E-state index in [9.17, 15) is 22.0 Å². The van der Waals surface area contributed by atoms with Crippen molar-refractivity contribution in [3.8, 4) is 11.5 Å². The van der Waals surface area contributed by atoms with E-state index in [4.69, 9.17) is 4.74 Å². The first-order chi connectivity index (χ1) is 15.3. The van der Waals surface area contributed by atoms with Crippen LogP contribution in [0.5, 0.6) is 11.5 Å². The maximum Gasteiger partial charge on any atom is 0.387 e. The van der Waals surface area contributed by atoms with E-state index in [1.165, 1.54) is 54.9 Å². The molecule has 0 aliphatic heterocycles. The van der Waals surface area contributed by atoms with Gasteiger partial charge in [-0.2, -0.15) is 8.78 Å². The Morgan fingerprint density at radius 1 is 1.06 bits per heavy atom. The Labute approximate surface area is 182 Å². The molecule has 0 unspecified atom stereocenters. The number of alkyl halides is 2. The summed E-state index contributed by atoms with van der Waals surface area (Å²) in [5, 5.41) is 2.59. The van der Waals surface area contributed by atoms with Gasteiger partial charge in [-0.3, -0.25) is 4.79 Å². The van der Waals surface area contributed by atoms with Gasteiger partial charge in [0.25, 0.3) is 15.9 Å². The van der Waals surface area contributed by atoms with Gasteiger partial charge in [0.15, 0.2) is 11.5 Å². The Bertz CT molecular complexity index is 1180. The smallest absolute Gasteiger partial charge is 0.387 e. The quantitative estimate of drug-likeness (QED) is 0.497. The molecular weight excluding hydrogens is 446 g/mol. The molecule has 1 amide bonds. The lowest BCUT2D eigenvalue weighted by Crippen LogP contribution is -2.15. The summed E-state index contributed by atoms with van der Waals surface area (Å²) in [4.78, 5) is 20.1. The molecule has 0 spiro atoms. The standard InChI is InChI=1S/C20H18F2N4O5S/c1-2-30-17-12-13(4-9-16(17)31-19(21)22)18(27)25-14-5-7-15(8-6-14)32(28,29)26-20-23-10-3-11-24-20/h3-12,19H,2H2,1H3,(H,25,27)(H,23,24,26). The summed E-state index contributed by atoms with van der Waals surface area (Å²) in [5.41, 5.74) is 0.449. The molecule has 2 aromatic carbocycles. The second-order valence-corrected chi connectivity index (χ2v) is 7.81. The van der Waals surface area contributed by atoms with Gasteiger partial charge in [0.1, 0.15) is 0 Å². The number of carbonyl (C=O) groups is 1. The van der Waals surface area contributed by atoms with Gasteiger partial charge in [0.05, 0.1) is 11.5 Å². The highest BCUT2D eigenvalue weighted by Crippen LogP contribution is 2.30. The van der Waals surface area contributed by atoms with Crippen LogP contribution in [0.25, 0.3) is 0 Å². The molecule has 0 saturated carbocycles. The number of hydrogen-bond acceptors (Lipinski definition) is 7. The molecule has 12 heteroatoms. The van der Waals surface area contributed by atoms with Crippen LogP contribution in [0.2, 0.25) is 0 Å². The zero-order chi connectivity index (χ0) is 23.1. The molecule has 0 bridgehead atoms. The lowest BCUT2D eigenvalue weighted by atomic mass is 10.2. The minimum absolute atomic E-state index is 0.00361. The zero-order valence-electron chi connectivity index (χ0n) is 16.7. The topological polar surface area (TPSA) is 120 Å². The van der Waals surface area contributed by atoms with E-state index in [0.29, 0.717) is 5.69 Å². The SMILES string of the molecule is CCOc1cc(C(=O)Nc2ccc(S(=O)(=O)Nc3ncccn3)cc2)ccc1OC(F)F. The number of benzene rings is 2. The summed E-state index contributed by atoms with van der Waals surface area (Å²) >= 11 is 0. The number of carbonyl (C=O) groups excluding carboxylic acids is 1. The number of amides is 1. The van der Waals surface area contributed by atoms with E-state index in [1.54, 1.807) is 13.0 Å². The summed E-state index contributed by atoms with van der Waals surface area (Å²) in [6.07, 6.45) is 2.79. The molecule has 3 aromatic rings. The average molecular weight is 464 g/mol. The van der Waals surface area contributed by atoms with Crippen LogP contribution < -0.4 is 19.5 Å². The van der Waals surface area contributed by atoms with Crippen LogP contribution in [-0.2, 0) is 10.0 Å². The van der Waals surface area contributed by atoms with Gasteiger partial charge in [-0.25, -0.2) is 23.1 Å². The third-order valence-electron chi connectivity index (χ3n) is 3.94. The van der Waals surface area contributed by atoms with E-state index in [0.717, 1.165) is 0 Å². The third kappa shape index (κ3) is 5.88. The van der Waals surface area contributed by atoms with Crippen molar-refractivity contribution in [2.24, 2.45) is 0 Å². The van der Waals surface area contributed by atoms with Crippen molar-refractivity contribution in [1.29, 1.82) is 0 Å². The number of nitrogens with zero attached hydrogens (tertiary/aromatic N) is 2. The maximum atomic E-state index is 12.5. The largest absolute Gasteiger partial charge is 0.490 e. The molecule has 1 heterocycles. The minimum Gasteiger partial charge on any atom is -0.490 e. The molecule has 0 atom stereocenters. The first-order valence-electron chi connectivity index (χ1n) is 9.21. The van der Waals surface area contributed by atoms with Gasteiger partial charge in [-0.15, -0.1) is 0 Å². The number of ether oxygens (including phenoxy) is 2. The van der Waals surface area contributed by atoms with E-state index >= 15 is 0 Å². The fourth-order valence-electron chi connectivity index (χ4n) is 2.56. The molecule has 0 aliphatic rings.